The molecule has 0 aliphatic carbocycles. The average Bonchev–Trinajstić information content (AvgIpc) is 2.83. The van der Waals surface area contributed by atoms with Crippen LogP contribution in [-0.4, -0.2) is 35.6 Å². The molecule has 108 valence electrons. The molecule has 4 heteroatoms. The largest absolute Gasteiger partial charge is 0.317 e. The number of nitrogens with one attached hydrogen (secondary N) is 1. The third-order valence-corrected chi connectivity index (χ3v) is 4.95. The van der Waals surface area contributed by atoms with Gasteiger partial charge < -0.3 is 5.32 Å². The quantitative estimate of drug-likeness (QED) is 0.898. The van der Waals surface area contributed by atoms with Gasteiger partial charge in [-0.3, -0.25) is 4.90 Å². The van der Waals surface area contributed by atoms with Gasteiger partial charge in [0.1, 0.15) is 0 Å². The number of hydrogen-bond acceptors (Lipinski definition) is 4. The molecule has 0 radical (unpaired) electrons. The lowest BCUT2D eigenvalue weighted by atomic mass is 9.96. The molecule has 1 fully saturated rings. The summed E-state index contributed by atoms with van der Waals surface area (Å²) in [6.45, 7) is 12.6. The number of rotatable bonds is 5. The van der Waals surface area contributed by atoms with Crippen LogP contribution in [0.2, 0.25) is 0 Å². The number of hydrogen-bond donors (Lipinski definition) is 1. The van der Waals surface area contributed by atoms with Crippen LogP contribution in [0.1, 0.15) is 50.4 Å². The van der Waals surface area contributed by atoms with E-state index in [0.29, 0.717) is 12.1 Å². The van der Waals surface area contributed by atoms with Crippen molar-refractivity contribution in [2.24, 2.45) is 5.92 Å². The molecule has 1 aromatic rings. The standard InChI is InChI=1S/C15H27N3S/c1-11(2)18(9-14-5-7-16-8-6-14)12(3)15-10-19-13(4)17-15/h10-12,14,16H,5-9H2,1-4H3. The van der Waals surface area contributed by atoms with Crippen molar-refractivity contribution in [1.29, 1.82) is 0 Å². The molecule has 0 amide bonds. The lowest BCUT2D eigenvalue weighted by Crippen LogP contribution is -2.40. The van der Waals surface area contributed by atoms with Gasteiger partial charge in [0.25, 0.3) is 0 Å². The maximum atomic E-state index is 4.67. The van der Waals surface area contributed by atoms with E-state index in [1.165, 1.54) is 43.2 Å². The van der Waals surface area contributed by atoms with Crippen molar-refractivity contribution in [1.82, 2.24) is 15.2 Å². The minimum Gasteiger partial charge on any atom is -0.317 e. The van der Waals surface area contributed by atoms with Gasteiger partial charge in [0.2, 0.25) is 0 Å². The van der Waals surface area contributed by atoms with Gasteiger partial charge in [-0.1, -0.05) is 0 Å². The van der Waals surface area contributed by atoms with E-state index in [1.54, 1.807) is 11.3 Å². The Morgan fingerprint density at radius 3 is 2.58 bits per heavy atom. The van der Waals surface area contributed by atoms with Gasteiger partial charge in [-0.05, 0) is 59.5 Å². The Morgan fingerprint density at radius 1 is 1.37 bits per heavy atom. The zero-order valence-electron chi connectivity index (χ0n) is 12.6. The van der Waals surface area contributed by atoms with Gasteiger partial charge in [-0.2, -0.15) is 0 Å². The maximum Gasteiger partial charge on any atom is 0.0898 e. The van der Waals surface area contributed by atoms with Crippen molar-refractivity contribution >= 4 is 11.3 Å². The summed E-state index contributed by atoms with van der Waals surface area (Å²) in [5.41, 5.74) is 1.24. The fourth-order valence-electron chi connectivity index (χ4n) is 2.92. The third-order valence-electron chi connectivity index (χ3n) is 4.15. The normalized spacial score (nSPS) is 19.3. The molecule has 0 spiro atoms. The Labute approximate surface area is 121 Å². The van der Waals surface area contributed by atoms with Crippen LogP contribution in [0, 0.1) is 12.8 Å². The zero-order valence-corrected chi connectivity index (χ0v) is 13.5. The van der Waals surface area contributed by atoms with E-state index in [1.807, 2.05) is 0 Å². The minimum absolute atomic E-state index is 0.430. The maximum absolute atomic E-state index is 4.67. The highest BCUT2D eigenvalue weighted by molar-refractivity contribution is 7.09. The second-order valence-corrected chi connectivity index (χ2v) is 7.01. The van der Waals surface area contributed by atoms with Crippen LogP contribution in [-0.2, 0) is 0 Å². The molecule has 0 saturated carbocycles. The van der Waals surface area contributed by atoms with Crippen LogP contribution < -0.4 is 5.32 Å². The van der Waals surface area contributed by atoms with Crippen LogP contribution in [0.3, 0.4) is 0 Å². The van der Waals surface area contributed by atoms with Gasteiger partial charge in [-0.15, -0.1) is 11.3 Å². The van der Waals surface area contributed by atoms with E-state index in [0.717, 1.165) is 5.92 Å². The predicted molar refractivity (Wildman–Crippen MR) is 82.7 cm³/mol. The lowest BCUT2D eigenvalue weighted by molar-refractivity contribution is 0.123. The molecular formula is C15H27N3S. The van der Waals surface area contributed by atoms with Crippen molar-refractivity contribution < 1.29 is 0 Å². The van der Waals surface area contributed by atoms with Crippen LogP contribution in [0.4, 0.5) is 0 Å². The zero-order chi connectivity index (χ0) is 13.8. The van der Waals surface area contributed by atoms with Crippen molar-refractivity contribution in [3.05, 3.63) is 16.1 Å². The molecule has 3 nitrogen and oxygen atoms in total. The second-order valence-electron chi connectivity index (χ2n) is 5.95. The number of piperidine rings is 1. The van der Waals surface area contributed by atoms with Crippen molar-refractivity contribution in [2.45, 2.75) is 52.6 Å². The first-order valence-electron chi connectivity index (χ1n) is 7.46. The highest BCUT2D eigenvalue weighted by Gasteiger charge is 2.24. The third kappa shape index (κ3) is 4.01. The summed E-state index contributed by atoms with van der Waals surface area (Å²) in [4.78, 5) is 7.29. The smallest absolute Gasteiger partial charge is 0.0898 e. The van der Waals surface area contributed by atoms with E-state index < -0.39 is 0 Å². The Kier molecular flexibility index (Phi) is 5.37. The van der Waals surface area contributed by atoms with Crippen LogP contribution in [0.15, 0.2) is 5.38 Å². The average molecular weight is 281 g/mol. The molecule has 0 bridgehead atoms. The monoisotopic (exact) mass is 281 g/mol. The fraction of sp³-hybridized carbons (Fsp3) is 0.800. The van der Waals surface area contributed by atoms with E-state index in [2.05, 4.69) is 48.3 Å². The molecule has 1 aliphatic heterocycles. The van der Waals surface area contributed by atoms with Crippen molar-refractivity contribution in [3.63, 3.8) is 0 Å². The Balaban J connectivity index is 2.02. The molecule has 2 rings (SSSR count). The predicted octanol–water partition coefficient (Wildman–Crippen LogP) is 3.22. The topological polar surface area (TPSA) is 28.2 Å². The summed E-state index contributed by atoms with van der Waals surface area (Å²) >= 11 is 1.76. The second kappa shape index (κ2) is 6.82. The Bertz CT molecular complexity index is 382. The van der Waals surface area contributed by atoms with E-state index >= 15 is 0 Å². The first-order valence-corrected chi connectivity index (χ1v) is 8.34. The fourth-order valence-corrected chi connectivity index (χ4v) is 3.62. The summed E-state index contributed by atoms with van der Waals surface area (Å²) in [7, 11) is 0. The summed E-state index contributed by atoms with van der Waals surface area (Å²) in [6.07, 6.45) is 2.62. The summed E-state index contributed by atoms with van der Waals surface area (Å²) in [5, 5.41) is 6.85. The summed E-state index contributed by atoms with van der Waals surface area (Å²) < 4.78 is 0. The van der Waals surface area contributed by atoms with Gasteiger partial charge in [0.05, 0.1) is 16.7 Å². The Hall–Kier alpha value is -0.450. The molecule has 0 aromatic carbocycles. The lowest BCUT2D eigenvalue weighted by Gasteiger charge is -2.36. The molecule has 1 unspecified atom stereocenters. The summed E-state index contributed by atoms with van der Waals surface area (Å²) in [6, 6.07) is 1.01. The van der Waals surface area contributed by atoms with Gasteiger partial charge in [0, 0.05) is 18.0 Å². The van der Waals surface area contributed by atoms with Crippen LogP contribution in [0.5, 0.6) is 0 Å². The van der Waals surface area contributed by atoms with Crippen molar-refractivity contribution in [3.8, 4) is 0 Å². The van der Waals surface area contributed by atoms with E-state index in [9.17, 15) is 0 Å². The molecule has 2 heterocycles. The Morgan fingerprint density at radius 2 is 2.05 bits per heavy atom. The molecule has 19 heavy (non-hydrogen) atoms. The first-order chi connectivity index (χ1) is 9.08. The molecule has 1 N–H and O–H groups in total. The highest BCUT2D eigenvalue weighted by Crippen LogP contribution is 2.26. The SMILES string of the molecule is Cc1nc(C(C)N(CC2CCNCC2)C(C)C)cs1. The number of nitrogens with zero attached hydrogens (tertiary/aromatic N) is 2. The first kappa shape index (κ1) is 14.9. The molecule has 1 saturated heterocycles. The molecular weight excluding hydrogens is 254 g/mol. The van der Waals surface area contributed by atoms with Crippen molar-refractivity contribution in [2.75, 3.05) is 19.6 Å². The van der Waals surface area contributed by atoms with Gasteiger partial charge in [-0.25, -0.2) is 4.98 Å². The highest BCUT2D eigenvalue weighted by atomic mass is 32.1. The number of aromatic nitrogens is 1. The molecule has 1 aliphatic rings. The molecule has 1 aromatic heterocycles. The van der Waals surface area contributed by atoms with E-state index in [-0.39, 0.29) is 0 Å². The van der Waals surface area contributed by atoms with Crippen LogP contribution >= 0.6 is 11.3 Å². The number of thiazole rings is 1. The number of aryl methyl sites for hydroxylation is 1. The molecule has 1 atom stereocenters. The minimum atomic E-state index is 0.430. The van der Waals surface area contributed by atoms with Crippen LogP contribution in [0.25, 0.3) is 0 Å². The van der Waals surface area contributed by atoms with Gasteiger partial charge in [0.15, 0.2) is 0 Å². The summed E-state index contributed by atoms with van der Waals surface area (Å²) in [5.74, 6) is 0.839. The van der Waals surface area contributed by atoms with E-state index in [4.69, 9.17) is 0 Å². The van der Waals surface area contributed by atoms with Gasteiger partial charge >= 0.3 is 0 Å².